The molecule has 1 aromatic heterocycles. The smallest absolute Gasteiger partial charge is 0.251 e. The molecule has 0 spiro atoms. The molecule has 128 valence electrons. The number of amides is 1. The first-order valence-electron chi connectivity index (χ1n) is 8.39. The Kier molecular flexibility index (Phi) is 5.33. The van der Waals surface area contributed by atoms with Gasteiger partial charge >= 0.3 is 0 Å². The molecule has 0 aliphatic carbocycles. The van der Waals surface area contributed by atoms with Crippen molar-refractivity contribution < 1.29 is 9.90 Å². The summed E-state index contributed by atoms with van der Waals surface area (Å²) in [6.07, 6.45) is 2.52. The minimum Gasteiger partial charge on any atom is -0.384 e. The van der Waals surface area contributed by atoms with Gasteiger partial charge in [-0.05, 0) is 72.9 Å². The molecule has 1 aliphatic rings. The molecule has 1 aromatic carbocycles. The molecule has 1 amide bonds. The molecule has 1 saturated heterocycles. The zero-order valence-corrected chi connectivity index (χ0v) is 14.8. The highest BCUT2D eigenvalue weighted by Gasteiger charge is 2.24. The Bertz CT molecular complexity index is 676. The molecule has 0 bridgehead atoms. The van der Waals surface area contributed by atoms with Gasteiger partial charge in [-0.1, -0.05) is 12.1 Å². The molecule has 1 fully saturated rings. The molecule has 4 nitrogen and oxygen atoms in total. The van der Waals surface area contributed by atoms with Gasteiger partial charge in [-0.3, -0.25) is 9.69 Å². The van der Waals surface area contributed by atoms with E-state index in [9.17, 15) is 9.90 Å². The third kappa shape index (κ3) is 4.23. The quantitative estimate of drug-likeness (QED) is 0.847. The predicted molar refractivity (Wildman–Crippen MR) is 97.2 cm³/mol. The fourth-order valence-corrected chi connectivity index (χ4v) is 3.82. The highest BCUT2D eigenvalue weighted by Crippen LogP contribution is 2.22. The summed E-state index contributed by atoms with van der Waals surface area (Å²) in [4.78, 5) is 14.8. The van der Waals surface area contributed by atoms with Crippen LogP contribution in [0.1, 0.15) is 41.3 Å². The Morgan fingerprint density at radius 2 is 2.12 bits per heavy atom. The van der Waals surface area contributed by atoms with Gasteiger partial charge in [0.05, 0.1) is 6.54 Å². The van der Waals surface area contributed by atoms with Crippen molar-refractivity contribution in [3.63, 3.8) is 0 Å². The number of nitrogens with one attached hydrogen (secondary N) is 1. The van der Waals surface area contributed by atoms with Gasteiger partial charge in [-0.2, -0.15) is 11.3 Å². The predicted octanol–water partition coefficient (Wildman–Crippen LogP) is 2.98. The molecule has 1 aliphatic heterocycles. The lowest BCUT2D eigenvalue weighted by Crippen LogP contribution is -2.38. The van der Waals surface area contributed by atoms with Crippen LogP contribution in [0.3, 0.4) is 0 Å². The van der Waals surface area contributed by atoms with Crippen LogP contribution < -0.4 is 5.32 Å². The van der Waals surface area contributed by atoms with E-state index >= 15 is 0 Å². The average molecular weight is 344 g/mol. The molecule has 1 atom stereocenters. The van der Waals surface area contributed by atoms with E-state index in [2.05, 4.69) is 16.3 Å². The number of carbonyl (C=O) groups is 1. The molecule has 2 heterocycles. The SMILES string of the molecule is CC(O)(CNC(=O)c1cccc(CN2CCCC2)c1)c1ccsc1. The minimum atomic E-state index is -1.05. The summed E-state index contributed by atoms with van der Waals surface area (Å²) >= 11 is 1.54. The highest BCUT2D eigenvalue weighted by atomic mass is 32.1. The van der Waals surface area contributed by atoms with Crippen LogP contribution >= 0.6 is 11.3 Å². The van der Waals surface area contributed by atoms with E-state index in [0.29, 0.717) is 5.56 Å². The summed E-state index contributed by atoms with van der Waals surface area (Å²) in [6, 6.07) is 9.65. The van der Waals surface area contributed by atoms with Crippen LogP contribution in [0.2, 0.25) is 0 Å². The van der Waals surface area contributed by atoms with E-state index in [0.717, 1.165) is 30.8 Å². The van der Waals surface area contributed by atoms with Crippen molar-refractivity contribution in [1.82, 2.24) is 10.2 Å². The number of nitrogens with zero attached hydrogens (tertiary/aromatic N) is 1. The van der Waals surface area contributed by atoms with Crippen molar-refractivity contribution in [3.8, 4) is 0 Å². The van der Waals surface area contributed by atoms with Gasteiger partial charge in [0.15, 0.2) is 0 Å². The summed E-state index contributed by atoms with van der Waals surface area (Å²) in [7, 11) is 0. The summed E-state index contributed by atoms with van der Waals surface area (Å²) < 4.78 is 0. The Balaban J connectivity index is 1.60. The van der Waals surface area contributed by atoms with E-state index in [-0.39, 0.29) is 12.5 Å². The van der Waals surface area contributed by atoms with Crippen molar-refractivity contribution in [2.45, 2.75) is 31.9 Å². The zero-order chi connectivity index (χ0) is 17.0. The van der Waals surface area contributed by atoms with Crippen LogP contribution in [0.4, 0.5) is 0 Å². The normalized spacial score (nSPS) is 17.6. The lowest BCUT2D eigenvalue weighted by molar-refractivity contribution is 0.0530. The van der Waals surface area contributed by atoms with Crippen LogP contribution in [-0.2, 0) is 12.1 Å². The average Bonchev–Trinajstić information content (AvgIpc) is 3.26. The third-order valence-electron chi connectivity index (χ3n) is 4.53. The molecule has 5 heteroatoms. The van der Waals surface area contributed by atoms with Crippen molar-refractivity contribution in [1.29, 1.82) is 0 Å². The molecular weight excluding hydrogens is 320 g/mol. The fraction of sp³-hybridized carbons (Fsp3) is 0.421. The molecular formula is C19H24N2O2S. The first kappa shape index (κ1) is 17.1. The number of thiophene rings is 1. The molecule has 24 heavy (non-hydrogen) atoms. The Hall–Kier alpha value is -1.69. The second kappa shape index (κ2) is 7.47. The number of likely N-dealkylation sites (tertiary alicyclic amines) is 1. The first-order chi connectivity index (χ1) is 11.5. The van der Waals surface area contributed by atoms with Gasteiger partial charge in [-0.25, -0.2) is 0 Å². The van der Waals surface area contributed by atoms with Crippen LogP contribution in [0.15, 0.2) is 41.1 Å². The van der Waals surface area contributed by atoms with Crippen LogP contribution in [0, 0.1) is 0 Å². The number of hydrogen-bond donors (Lipinski definition) is 2. The topological polar surface area (TPSA) is 52.6 Å². The van der Waals surface area contributed by atoms with Crippen molar-refractivity contribution in [2.75, 3.05) is 19.6 Å². The van der Waals surface area contributed by atoms with Crippen LogP contribution in [0.5, 0.6) is 0 Å². The van der Waals surface area contributed by atoms with Gasteiger partial charge in [-0.15, -0.1) is 0 Å². The lowest BCUT2D eigenvalue weighted by atomic mass is 9.99. The van der Waals surface area contributed by atoms with Crippen LogP contribution in [0.25, 0.3) is 0 Å². The molecule has 3 rings (SSSR count). The van der Waals surface area contributed by atoms with Gasteiger partial charge in [0, 0.05) is 12.1 Å². The van der Waals surface area contributed by atoms with Crippen LogP contribution in [-0.4, -0.2) is 35.5 Å². The zero-order valence-electron chi connectivity index (χ0n) is 14.0. The number of hydrogen-bond acceptors (Lipinski definition) is 4. The maximum absolute atomic E-state index is 12.4. The largest absolute Gasteiger partial charge is 0.384 e. The van der Waals surface area contributed by atoms with Gasteiger partial charge in [0.1, 0.15) is 5.60 Å². The standard InChI is InChI=1S/C19H24N2O2S/c1-19(23,17-7-10-24-13-17)14-20-18(22)16-6-4-5-15(11-16)12-21-8-2-3-9-21/h4-7,10-11,13,23H,2-3,8-9,12,14H2,1H3,(H,20,22). The summed E-state index contributed by atoms with van der Waals surface area (Å²) in [5.74, 6) is -0.145. The first-order valence-corrected chi connectivity index (χ1v) is 9.33. The van der Waals surface area contributed by atoms with Gasteiger partial charge < -0.3 is 10.4 Å². The third-order valence-corrected chi connectivity index (χ3v) is 5.21. The van der Waals surface area contributed by atoms with E-state index in [1.165, 1.54) is 24.2 Å². The van der Waals surface area contributed by atoms with Crippen molar-refractivity contribution in [2.24, 2.45) is 0 Å². The monoisotopic (exact) mass is 344 g/mol. The Morgan fingerprint density at radius 1 is 1.33 bits per heavy atom. The maximum atomic E-state index is 12.4. The Labute approximate surface area is 147 Å². The fourth-order valence-electron chi connectivity index (χ4n) is 3.04. The highest BCUT2D eigenvalue weighted by molar-refractivity contribution is 7.08. The number of carbonyl (C=O) groups excluding carboxylic acids is 1. The van der Waals surface area contributed by atoms with Gasteiger partial charge in [0.2, 0.25) is 0 Å². The van der Waals surface area contributed by atoms with Crippen molar-refractivity contribution in [3.05, 3.63) is 57.8 Å². The summed E-state index contributed by atoms with van der Waals surface area (Å²) in [6.45, 7) is 5.09. The molecule has 2 aromatic rings. The molecule has 0 radical (unpaired) electrons. The number of rotatable bonds is 6. The lowest BCUT2D eigenvalue weighted by Gasteiger charge is -2.23. The summed E-state index contributed by atoms with van der Waals surface area (Å²) in [5, 5.41) is 17.2. The molecule has 1 unspecified atom stereocenters. The second-order valence-corrected chi connectivity index (χ2v) is 7.43. The maximum Gasteiger partial charge on any atom is 0.251 e. The molecule has 2 N–H and O–H groups in total. The second-order valence-electron chi connectivity index (χ2n) is 6.65. The molecule has 0 saturated carbocycles. The number of aliphatic hydroxyl groups is 1. The number of benzene rings is 1. The van der Waals surface area contributed by atoms with Crippen molar-refractivity contribution >= 4 is 17.2 Å². The van der Waals surface area contributed by atoms with E-state index < -0.39 is 5.60 Å². The van der Waals surface area contributed by atoms with E-state index in [4.69, 9.17) is 0 Å². The summed E-state index contributed by atoms with van der Waals surface area (Å²) in [5.41, 5.74) is 1.58. The minimum absolute atomic E-state index is 0.145. The van der Waals surface area contributed by atoms with E-state index in [1.807, 2.05) is 35.0 Å². The van der Waals surface area contributed by atoms with E-state index in [1.54, 1.807) is 6.92 Å². The Morgan fingerprint density at radius 3 is 2.83 bits per heavy atom. The van der Waals surface area contributed by atoms with Gasteiger partial charge in [0.25, 0.3) is 5.91 Å².